The summed E-state index contributed by atoms with van der Waals surface area (Å²) in [6.07, 6.45) is 9.39. The maximum absolute atomic E-state index is 6.06. The third kappa shape index (κ3) is 4.03. The van der Waals surface area contributed by atoms with E-state index in [1.807, 2.05) is 0 Å². The van der Waals surface area contributed by atoms with Gasteiger partial charge in [0.2, 0.25) is 0 Å². The molecule has 1 aliphatic heterocycles. The monoisotopic (exact) mass is 330 g/mol. The Labute approximate surface area is 147 Å². The van der Waals surface area contributed by atoms with E-state index in [0.29, 0.717) is 5.92 Å². The van der Waals surface area contributed by atoms with Crippen LogP contribution in [0, 0.1) is 11.8 Å². The summed E-state index contributed by atoms with van der Waals surface area (Å²) in [6, 6.07) is 9.06. The Balaban J connectivity index is 1.60. The summed E-state index contributed by atoms with van der Waals surface area (Å²) < 4.78 is 12.1. The molecular weight excluding hydrogens is 296 g/mol. The Kier molecular flexibility index (Phi) is 5.99. The molecule has 1 aromatic carbocycles. The molecule has 3 rings (SSSR count). The Bertz CT molecular complexity index is 491. The van der Waals surface area contributed by atoms with Crippen LogP contribution in [-0.4, -0.2) is 13.2 Å². The number of rotatable bonds is 5. The maximum atomic E-state index is 6.06. The van der Waals surface area contributed by atoms with E-state index >= 15 is 0 Å². The minimum Gasteiger partial charge on any atom is -0.346 e. The summed E-state index contributed by atoms with van der Waals surface area (Å²) in [6.45, 7) is 8.17. The second-order valence-electron chi connectivity index (χ2n) is 7.97. The summed E-state index contributed by atoms with van der Waals surface area (Å²) >= 11 is 0. The molecule has 0 atom stereocenters. The molecule has 0 amide bonds. The predicted molar refractivity (Wildman–Crippen MR) is 99.1 cm³/mol. The highest BCUT2D eigenvalue weighted by atomic mass is 16.7. The minimum atomic E-state index is -0.566. The van der Waals surface area contributed by atoms with Gasteiger partial charge in [-0.3, -0.25) is 0 Å². The van der Waals surface area contributed by atoms with Crippen LogP contribution in [0.2, 0.25) is 0 Å². The van der Waals surface area contributed by atoms with Crippen LogP contribution in [0.4, 0.5) is 0 Å². The number of ether oxygens (including phenoxy) is 2. The summed E-state index contributed by atoms with van der Waals surface area (Å²) in [4.78, 5) is 0. The maximum Gasteiger partial charge on any atom is 0.191 e. The fourth-order valence-corrected chi connectivity index (χ4v) is 4.30. The van der Waals surface area contributed by atoms with Gasteiger partial charge in [0.25, 0.3) is 0 Å². The number of benzene rings is 1. The summed E-state index contributed by atoms with van der Waals surface area (Å²) in [5.74, 6) is 1.69. The van der Waals surface area contributed by atoms with Crippen molar-refractivity contribution in [3.05, 3.63) is 35.4 Å². The van der Waals surface area contributed by atoms with Crippen molar-refractivity contribution in [3.8, 4) is 0 Å². The van der Waals surface area contributed by atoms with Gasteiger partial charge in [0.15, 0.2) is 5.79 Å². The van der Waals surface area contributed by atoms with Gasteiger partial charge in [-0.1, -0.05) is 51.0 Å². The lowest BCUT2D eigenvalue weighted by Gasteiger charge is -2.38. The first kappa shape index (κ1) is 17.9. The zero-order valence-electron chi connectivity index (χ0n) is 15.7. The van der Waals surface area contributed by atoms with Crippen molar-refractivity contribution in [1.82, 2.24) is 0 Å². The second-order valence-corrected chi connectivity index (χ2v) is 7.97. The fraction of sp³-hybridized carbons (Fsp3) is 0.727. The van der Waals surface area contributed by atoms with Crippen molar-refractivity contribution in [3.63, 3.8) is 0 Å². The quantitative estimate of drug-likeness (QED) is 0.658. The molecule has 0 radical (unpaired) electrons. The molecule has 2 fully saturated rings. The van der Waals surface area contributed by atoms with Crippen molar-refractivity contribution in [1.29, 1.82) is 0 Å². The topological polar surface area (TPSA) is 18.5 Å². The highest BCUT2D eigenvalue weighted by molar-refractivity contribution is 5.28. The molecule has 2 heteroatoms. The lowest BCUT2D eigenvalue weighted by atomic mass is 9.77. The molecule has 0 unspecified atom stereocenters. The van der Waals surface area contributed by atoms with Crippen molar-refractivity contribution >= 4 is 0 Å². The zero-order valence-corrected chi connectivity index (χ0v) is 15.7. The third-order valence-corrected chi connectivity index (χ3v) is 6.22. The fourth-order valence-electron chi connectivity index (χ4n) is 4.30. The molecule has 24 heavy (non-hydrogen) atoms. The van der Waals surface area contributed by atoms with Crippen LogP contribution in [0.25, 0.3) is 0 Å². The molecule has 0 spiro atoms. The molecule has 0 N–H and O–H groups in total. The zero-order chi connectivity index (χ0) is 17.0. The van der Waals surface area contributed by atoms with Crippen LogP contribution in [0.1, 0.15) is 82.8 Å². The molecule has 1 aromatic rings. The van der Waals surface area contributed by atoms with Gasteiger partial charge >= 0.3 is 0 Å². The first-order chi connectivity index (χ1) is 11.6. The molecule has 2 nitrogen and oxygen atoms in total. The van der Waals surface area contributed by atoms with Gasteiger partial charge in [-0.05, 0) is 56.4 Å². The van der Waals surface area contributed by atoms with E-state index in [1.54, 1.807) is 0 Å². The SMILES string of the molecule is CCCC1CCC(c2ccc(C3(C)OCC(CC)CO3)cc2)CC1. The van der Waals surface area contributed by atoms with Gasteiger partial charge in [-0.25, -0.2) is 0 Å². The van der Waals surface area contributed by atoms with E-state index in [-0.39, 0.29) is 0 Å². The molecular formula is C22H34O2. The van der Waals surface area contributed by atoms with E-state index < -0.39 is 5.79 Å². The van der Waals surface area contributed by atoms with E-state index in [0.717, 1.165) is 37.0 Å². The molecule has 0 bridgehead atoms. The lowest BCUT2D eigenvalue weighted by Crippen LogP contribution is -2.39. The average molecular weight is 331 g/mol. The summed E-state index contributed by atoms with van der Waals surface area (Å²) in [5.41, 5.74) is 2.65. The Hall–Kier alpha value is -0.860. The first-order valence-corrected chi connectivity index (χ1v) is 10.0. The second kappa shape index (κ2) is 8.01. The normalized spacial score (nSPS) is 34.2. The molecule has 0 aromatic heterocycles. The van der Waals surface area contributed by atoms with E-state index in [4.69, 9.17) is 9.47 Å². The van der Waals surface area contributed by atoms with Crippen LogP contribution in [-0.2, 0) is 15.3 Å². The van der Waals surface area contributed by atoms with Crippen molar-refractivity contribution in [2.24, 2.45) is 11.8 Å². The van der Waals surface area contributed by atoms with Gasteiger partial charge in [0.05, 0.1) is 13.2 Å². The average Bonchev–Trinajstić information content (AvgIpc) is 2.63. The highest BCUT2D eigenvalue weighted by Gasteiger charge is 2.34. The van der Waals surface area contributed by atoms with E-state index in [1.165, 1.54) is 44.1 Å². The first-order valence-electron chi connectivity index (χ1n) is 10.0. The minimum absolute atomic E-state index is 0.538. The predicted octanol–water partition coefficient (Wildman–Crippen LogP) is 6.01. The van der Waals surface area contributed by atoms with Crippen LogP contribution in [0.5, 0.6) is 0 Å². The Morgan fingerprint density at radius 2 is 1.54 bits per heavy atom. The largest absolute Gasteiger partial charge is 0.346 e. The molecule has 1 saturated heterocycles. The van der Waals surface area contributed by atoms with Crippen molar-refractivity contribution in [2.45, 2.75) is 77.4 Å². The van der Waals surface area contributed by atoms with E-state index in [9.17, 15) is 0 Å². The van der Waals surface area contributed by atoms with Crippen molar-refractivity contribution < 1.29 is 9.47 Å². The smallest absolute Gasteiger partial charge is 0.191 e. The highest BCUT2D eigenvalue weighted by Crippen LogP contribution is 2.39. The molecule has 1 heterocycles. The third-order valence-electron chi connectivity index (χ3n) is 6.22. The van der Waals surface area contributed by atoms with Crippen LogP contribution < -0.4 is 0 Å². The van der Waals surface area contributed by atoms with Gasteiger partial charge < -0.3 is 9.47 Å². The lowest BCUT2D eigenvalue weighted by molar-refractivity contribution is -0.282. The summed E-state index contributed by atoms with van der Waals surface area (Å²) in [5, 5.41) is 0. The number of hydrogen-bond donors (Lipinski definition) is 0. The Morgan fingerprint density at radius 3 is 2.08 bits per heavy atom. The van der Waals surface area contributed by atoms with Gasteiger partial charge in [0.1, 0.15) is 0 Å². The van der Waals surface area contributed by atoms with E-state index in [2.05, 4.69) is 45.0 Å². The van der Waals surface area contributed by atoms with Gasteiger partial charge in [0, 0.05) is 11.5 Å². The molecule has 1 aliphatic carbocycles. The Morgan fingerprint density at radius 1 is 0.917 bits per heavy atom. The van der Waals surface area contributed by atoms with Crippen LogP contribution >= 0.6 is 0 Å². The molecule has 134 valence electrons. The molecule has 1 saturated carbocycles. The standard InChI is InChI=1S/C22H34O2/c1-4-6-18-7-9-19(10-8-18)20-11-13-21(14-12-20)22(3)23-15-17(5-2)16-24-22/h11-14,17-19H,4-10,15-16H2,1-3H3. The molecule has 2 aliphatic rings. The summed E-state index contributed by atoms with van der Waals surface area (Å²) in [7, 11) is 0. The van der Waals surface area contributed by atoms with Gasteiger partial charge in [-0.15, -0.1) is 0 Å². The van der Waals surface area contributed by atoms with Crippen LogP contribution in [0.15, 0.2) is 24.3 Å². The number of hydrogen-bond acceptors (Lipinski definition) is 2. The van der Waals surface area contributed by atoms with Gasteiger partial charge in [-0.2, -0.15) is 0 Å². The van der Waals surface area contributed by atoms with Crippen LogP contribution in [0.3, 0.4) is 0 Å². The van der Waals surface area contributed by atoms with Crippen molar-refractivity contribution in [2.75, 3.05) is 13.2 Å².